The van der Waals surface area contributed by atoms with Crippen molar-refractivity contribution in [1.82, 2.24) is 14.5 Å². The maximum Gasteiger partial charge on any atom is 0.179 e. The normalized spacial score (nSPS) is 13.3. The van der Waals surface area contributed by atoms with Gasteiger partial charge in [0.15, 0.2) is 10.4 Å². The van der Waals surface area contributed by atoms with E-state index in [1.165, 1.54) is 0 Å². The van der Waals surface area contributed by atoms with E-state index in [4.69, 9.17) is 17.0 Å². The van der Waals surface area contributed by atoms with Crippen LogP contribution in [-0.2, 0) is 4.74 Å². The van der Waals surface area contributed by atoms with Gasteiger partial charge in [-0.05, 0) is 47.1 Å². The van der Waals surface area contributed by atoms with Crippen LogP contribution < -0.4 is 0 Å². The van der Waals surface area contributed by atoms with E-state index in [-0.39, 0.29) is 6.04 Å². The Hall–Kier alpha value is -0.720. The van der Waals surface area contributed by atoms with Gasteiger partial charge in [-0.25, -0.2) is 4.98 Å². The first-order chi connectivity index (χ1) is 9.04. The van der Waals surface area contributed by atoms with Gasteiger partial charge in [-0.3, -0.25) is 4.57 Å². The quantitative estimate of drug-likeness (QED) is 0.831. The number of pyridine rings is 1. The molecule has 2 aromatic heterocycles. The number of aromatic nitrogens is 3. The second-order valence-corrected chi connectivity index (χ2v) is 6.10. The molecule has 0 amide bonds. The standard InChI is InChI=1S/C13H18BrN3OS/c1-4-18-7-11(8(2)3)17-12-10(16-13(17)19)5-9(14)6-15-12/h5-6,8,11H,4,7H2,1-3H3,(H,16,19). The van der Waals surface area contributed by atoms with Crippen molar-refractivity contribution < 1.29 is 4.74 Å². The molecule has 1 atom stereocenters. The fourth-order valence-corrected chi connectivity index (χ4v) is 2.76. The average Bonchev–Trinajstić information content (AvgIpc) is 2.65. The van der Waals surface area contributed by atoms with Gasteiger partial charge in [-0.15, -0.1) is 0 Å². The SMILES string of the molecule is CCOCC(C(C)C)n1c(=S)[nH]c2cc(Br)cnc21. The maximum absolute atomic E-state index is 5.59. The second kappa shape index (κ2) is 6.15. The maximum atomic E-state index is 5.59. The minimum absolute atomic E-state index is 0.190. The summed E-state index contributed by atoms with van der Waals surface area (Å²) in [4.78, 5) is 7.68. The molecule has 1 N–H and O–H groups in total. The summed E-state index contributed by atoms with van der Waals surface area (Å²) in [6.45, 7) is 7.69. The van der Waals surface area contributed by atoms with Gasteiger partial charge in [0.25, 0.3) is 0 Å². The van der Waals surface area contributed by atoms with Gasteiger partial charge in [-0.2, -0.15) is 0 Å². The number of ether oxygens (including phenoxy) is 1. The van der Waals surface area contributed by atoms with Gasteiger partial charge in [0, 0.05) is 17.3 Å². The summed E-state index contributed by atoms with van der Waals surface area (Å²) in [7, 11) is 0. The molecular weight excluding hydrogens is 326 g/mol. The molecule has 6 heteroatoms. The lowest BCUT2D eigenvalue weighted by Crippen LogP contribution is -2.21. The monoisotopic (exact) mass is 343 g/mol. The predicted molar refractivity (Wildman–Crippen MR) is 83.0 cm³/mol. The number of hydrogen-bond donors (Lipinski definition) is 1. The Morgan fingerprint density at radius 2 is 2.26 bits per heavy atom. The Kier molecular flexibility index (Phi) is 4.76. The first-order valence-corrected chi connectivity index (χ1v) is 7.58. The van der Waals surface area contributed by atoms with Crippen molar-refractivity contribution in [2.45, 2.75) is 26.8 Å². The van der Waals surface area contributed by atoms with Crippen molar-refractivity contribution >= 4 is 39.3 Å². The number of fused-ring (bicyclic) bond motifs is 1. The van der Waals surface area contributed by atoms with E-state index in [2.05, 4.69) is 44.3 Å². The molecule has 2 rings (SSSR count). The van der Waals surface area contributed by atoms with E-state index in [1.807, 2.05) is 13.0 Å². The third-order valence-corrected chi connectivity index (χ3v) is 3.85. The lowest BCUT2D eigenvalue weighted by Gasteiger charge is -2.22. The first kappa shape index (κ1) is 14.7. The minimum Gasteiger partial charge on any atom is -0.380 e. The Labute approximate surface area is 126 Å². The number of aromatic amines is 1. The van der Waals surface area contributed by atoms with Crippen LogP contribution in [0, 0.1) is 10.7 Å². The molecule has 0 bridgehead atoms. The Morgan fingerprint density at radius 1 is 1.53 bits per heavy atom. The largest absolute Gasteiger partial charge is 0.380 e. The zero-order valence-electron chi connectivity index (χ0n) is 11.3. The smallest absolute Gasteiger partial charge is 0.179 e. The minimum atomic E-state index is 0.190. The van der Waals surface area contributed by atoms with Crippen LogP contribution in [0.15, 0.2) is 16.7 Å². The molecule has 2 aromatic rings. The Bertz CT molecular complexity index is 620. The van der Waals surface area contributed by atoms with Gasteiger partial charge in [0.1, 0.15) is 0 Å². The summed E-state index contributed by atoms with van der Waals surface area (Å²) in [6.07, 6.45) is 1.79. The number of rotatable bonds is 5. The molecule has 0 radical (unpaired) electrons. The molecule has 0 aliphatic carbocycles. The van der Waals surface area contributed by atoms with E-state index in [9.17, 15) is 0 Å². The molecule has 0 aromatic carbocycles. The summed E-state index contributed by atoms with van der Waals surface area (Å²) in [5.41, 5.74) is 1.83. The van der Waals surface area contributed by atoms with E-state index < -0.39 is 0 Å². The number of nitrogens with zero attached hydrogens (tertiary/aromatic N) is 2. The van der Waals surface area contributed by atoms with Crippen LogP contribution in [0.5, 0.6) is 0 Å². The van der Waals surface area contributed by atoms with Gasteiger partial charge < -0.3 is 9.72 Å². The van der Waals surface area contributed by atoms with Gasteiger partial charge in [0.2, 0.25) is 0 Å². The zero-order valence-corrected chi connectivity index (χ0v) is 13.7. The van der Waals surface area contributed by atoms with Crippen LogP contribution in [0.1, 0.15) is 26.8 Å². The molecule has 1 unspecified atom stereocenters. The third-order valence-electron chi connectivity index (χ3n) is 3.12. The molecule has 0 fully saturated rings. The highest BCUT2D eigenvalue weighted by molar-refractivity contribution is 9.10. The molecule has 0 aliphatic heterocycles. The highest BCUT2D eigenvalue weighted by Gasteiger charge is 2.20. The highest BCUT2D eigenvalue weighted by Crippen LogP contribution is 2.25. The van der Waals surface area contributed by atoms with Gasteiger partial charge >= 0.3 is 0 Å². The third kappa shape index (κ3) is 3.07. The number of halogens is 1. The van der Waals surface area contributed by atoms with Crippen LogP contribution in [0.4, 0.5) is 0 Å². The Balaban J connectivity index is 2.52. The number of imidazole rings is 1. The number of nitrogens with one attached hydrogen (secondary N) is 1. The van der Waals surface area contributed by atoms with E-state index in [0.29, 0.717) is 23.9 Å². The lowest BCUT2D eigenvalue weighted by molar-refractivity contribution is 0.0972. The second-order valence-electron chi connectivity index (χ2n) is 4.80. The average molecular weight is 344 g/mol. The van der Waals surface area contributed by atoms with Crippen LogP contribution in [-0.4, -0.2) is 27.7 Å². The molecule has 0 spiro atoms. The summed E-state index contributed by atoms with van der Waals surface area (Å²) in [5.74, 6) is 0.419. The summed E-state index contributed by atoms with van der Waals surface area (Å²) in [5, 5.41) is 0. The summed E-state index contributed by atoms with van der Waals surface area (Å²) in [6, 6.07) is 2.18. The molecule has 4 nitrogen and oxygen atoms in total. The topological polar surface area (TPSA) is 42.8 Å². The molecule has 19 heavy (non-hydrogen) atoms. The molecule has 2 heterocycles. The van der Waals surface area contributed by atoms with Crippen LogP contribution in [0.2, 0.25) is 0 Å². The molecule has 0 saturated heterocycles. The zero-order chi connectivity index (χ0) is 14.0. The highest BCUT2D eigenvalue weighted by atomic mass is 79.9. The van der Waals surface area contributed by atoms with E-state index >= 15 is 0 Å². The van der Waals surface area contributed by atoms with Crippen molar-refractivity contribution in [1.29, 1.82) is 0 Å². The summed E-state index contributed by atoms with van der Waals surface area (Å²) < 4.78 is 9.29. The molecular formula is C13H18BrN3OS. The van der Waals surface area contributed by atoms with Crippen molar-refractivity contribution in [3.63, 3.8) is 0 Å². The molecule has 104 valence electrons. The molecule has 0 saturated carbocycles. The van der Waals surface area contributed by atoms with Crippen LogP contribution in [0.3, 0.4) is 0 Å². The van der Waals surface area contributed by atoms with Crippen molar-refractivity contribution in [3.05, 3.63) is 21.5 Å². The lowest BCUT2D eigenvalue weighted by atomic mass is 10.1. The van der Waals surface area contributed by atoms with Crippen LogP contribution in [0.25, 0.3) is 11.2 Å². The predicted octanol–water partition coefficient (Wildman–Crippen LogP) is 4.09. The first-order valence-electron chi connectivity index (χ1n) is 6.38. The van der Waals surface area contributed by atoms with Crippen LogP contribution >= 0.6 is 28.1 Å². The van der Waals surface area contributed by atoms with Crippen molar-refractivity contribution in [3.8, 4) is 0 Å². The summed E-state index contributed by atoms with van der Waals surface area (Å²) >= 11 is 8.86. The number of hydrogen-bond acceptors (Lipinski definition) is 3. The van der Waals surface area contributed by atoms with Gasteiger partial charge in [0.05, 0.1) is 18.2 Å². The Morgan fingerprint density at radius 3 is 2.89 bits per heavy atom. The molecule has 0 aliphatic rings. The van der Waals surface area contributed by atoms with E-state index in [1.54, 1.807) is 6.20 Å². The van der Waals surface area contributed by atoms with E-state index in [0.717, 1.165) is 15.6 Å². The van der Waals surface area contributed by atoms with Gasteiger partial charge in [-0.1, -0.05) is 13.8 Å². The fraction of sp³-hybridized carbons (Fsp3) is 0.538. The number of H-pyrrole nitrogens is 1. The fourth-order valence-electron chi connectivity index (χ4n) is 2.10. The van der Waals surface area contributed by atoms with Crippen molar-refractivity contribution in [2.24, 2.45) is 5.92 Å². The van der Waals surface area contributed by atoms with Crippen molar-refractivity contribution in [2.75, 3.05) is 13.2 Å².